The molecule has 1 aliphatic carbocycles. The maximum atomic E-state index is 12.5. The van der Waals surface area contributed by atoms with Crippen molar-refractivity contribution in [1.82, 2.24) is 4.98 Å². The second-order valence-corrected chi connectivity index (χ2v) is 4.70. The molecule has 1 aliphatic rings. The van der Waals surface area contributed by atoms with Gasteiger partial charge in [0.15, 0.2) is 0 Å². The van der Waals surface area contributed by atoms with Gasteiger partial charge < -0.3 is 5.73 Å². The molecule has 90 valence electrons. The van der Waals surface area contributed by atoms with Gasteiger partial charge in [-0.25, -0.2) is 0 Å². The number of ketones is 1. The summed E-state index contributed by atoms with van der Waals surface area (Å²) in [5.74, 6) is -0.0153. The van der Waals surface area contributed by atoms with E-state index >= 15 is 0 Å². The molecule has 0 saturated carbocycles. The lowest BCUT2D eigenvalue weighted by atomic mass is 9.85. The van der Waals surface area contributed by atoms with Crippen LogP contribution in [0.2, 0.25) is 0 Å². The molecular formula is C16H10N2O. The SMILES string of the molecule is Nc1cc2c3c(cccc3c1)C(=O)c1ncccc1-2. The average Bonchev–Trinajstić information content (AvgIpc) is 2.44. The van der Waals surface area contributed by atoms with E-state index in [0.717, 1.165) is 21.9 Å². The van der Waals surface area contributed by atoms with Crippen LogP contribution in [0.25, 0.3) is 21.9 Å². The molecule has 3 aromatic rings. The van der Waals surface area contributed by atoms with Gasteiger partial charge in [-0.15, -0.1) is 0 Å². The third-order valence-electron chi connectivity index (χ3n) is 3.56. The highest BCUT2D eigenvalue weighted by molar-refractivity contribution is 6.25. The van der Waals surface area contributed by atoms with Gasteiger partial charge in [0.2, 0.25) is 5.78 Å². The van der Waals surface area contributed by atoms with Crippen LogP contribution in [0.15, 0.2) is 48.7 Å². The minimum absolute atomic E-state index is 0.0153. The zero-order chi connectivity index (χ0) is 13.0. The fourth-order valence-corrected chi connectivity index (χ4v) is 2.78. The van der Waals surface area contributed by atoms with Gasteiger partial charge in [0.25, 0.3) is 0 Å². The van der Waals surface area contributed by atoms with Crippen LogP contribution in [0.3, 0.4) is 0 Å². The Hall–Kier alpha value is -2.68. The van der Waals surface area contributed by atoms with Crippen LogP contribution in [0.4, 0.5) is 5.69 Å². The van der Waals surface area contributed by atoms with E-state index in [-0.39, 0.29) is 5.78 Å². The van der Waals surface area contributed by atoms with Gasteiger partial charge in [-0.1, -0.05) is 24.3 Å². The van der Waals surface area contributed by atoms with Gasteiger partial charge in [-0.3, -0.25) is 9.78 Å². The lowest BCUT2D eigenvalue weighted by Crippen LogP contribution is -2.12. The Bertz CT molecular complexity index is 852. The number of nitrogens with two attached hydrogens (primary N) is 1. The second kappa shape index (κ2) is 3.42. The molecule has 19 heavy (non-hydrogen) atoms. The first kappa shape index (κ1) is 10.3. The molecule has 0 spiro atoms. The molecule has 0 radical (unpaired) electrons. The maximum absolute atomic E-state index is 12.5. The van der Waals surface area contributed by atoms with E-state index < -0.39 is 0 Å². The molecular weight excluding hydrogens is 236 g/mol. The van der Waals surface area contributed by atoms with E-state index in [9.17, 15) is 4.79 Å². The van der Waals surface area contributed by atoms with Crippen molar-refractivity contribution in [3.63, 3.8) is 0 Å². The number of anilines is 1. The lowest BCUT2D eigenvalue weighted by Gasteiger charge is -2.19. The zero-order valence-electron chi connectivity index (χ0n) is 10.1. The predicted molar refractivity (Wildman–Crippen MR) is 75.0 cm³/mol. The molecule has 0 bridgehead atoms. The molecule has 3 heteroatoms. The highest BCUT2D eigenvalue weighted by Gasteiger charge is 2.25. The van der Waals surface area contributed by atoms with Crippen molar-refractivity contribution in [3.8, 4) is 11.1 Å². The van der Waals surface area contributed by atoms with Crippen LogP contribution in [0, 0.1) is 0 Å². The normalized spacial score (nSPS) is 12.5. The van der Waals surface area contributed by atoms with E-state index in [1.165, 1.54) is 0 Å². The first-order valence-corrected chi connectivity index (χ1v) is 6.08. The van der Waals surface area contributed by atoms with Crippen molar-refractivity contribution in [2.75, 3.05) is 5.73 Å². The molecule has 4 rings (SSSR count). The predicted octanol–water partition coefficient (Wildman–Crippen LogP) is 3.03. The van der Waals surface area contributed by atoms with Gasteiger partial charge in [-0.2, -0.15) is 0 Å². The molecule has 3 nitrogen and oxygen atoms in total. The summed E-state index contributed by atoms with van der Waals surface area (Å²) >= 11 is 0. The molecule has 0 fully saturated rings. The van der Waals surface area contributed by atoms with Gasteiger partial charge in [0, 0.05) is 28.4 Å². The van der Waals surface area contributed by atoms with Crippen LogP contribution >= 0.6 is 0 Å². The quantitative estimate of drug-likeness (QED) is 0.485. The number of carbonyl (C=O) groups excluding carboxylic acids is 1. The van der Waals surface area contributed by atoms with Crippen LogP contribution in [0.1, 0.15) is 16.1 Å². The number of benzene rings is 2. The Morgan fingerprint density at radius 3 is 2.68 bits per heavy atom. The minimum Gasteiger partial charge on any atom is -0.399 e. The van der Waals surface area contributed by atoms with Crippen molar-refractivity contribution in [3.05, 3.63) is 59.9 Å². The highest BCUT2D eigenvalue weighted by atomic mass is 16.1. The van der Waals surface area contributed by atoms with Gasteiger partial charge in [-0.05, 0) is 29.1 Å². The number of hydrogen-bond acceptors (Lipinski definition) is 3. The summed E-state index contributed by atoms with van der Waals surface area (Å²) in [6.45, 7) is 0. The first-order chi connectivity index (χ1) is 9.25. The zero-order valence-corrected chi connectivity index (χ0v) is 10.1. The van der Waals surface area contributed by atoms with Crippen LogP contribution in [-0.4, -0.2) is 10.8 Å². The standard InChI is InChI=1S/C16H10N2O/c17-10-7-9-3-1-4-12-14(9)13(8-10)11-5-2-6-18-15(11)16(12)19/h1-8H,17H2. The Labute approximate surface area is 109 Å². The second-order valence-electron chi connectivity index (χ2n) is 4.70. The van der Waals surface area contributed by atoms with Crippen LogP contribution in [-0.2, 0) is 0 Å². The Kier molecular flexibility index (Phi) is 1.85. The number of fused-ring (bicyclic) bond motifs is 2. The minimum atomic E-state index is -0.0153. The molecule has 0 saturated heterocycles. The fourth-order valence-electron chi connectivity index (χ4n) is 2.78. The summed E-state index contributed by atoms with van der Waals surface area (Å²) in [7, 11) is 0. The van der Waals surface area contributed by atoms with Crippen LogP contribution < -0.4 is 5.73 Å². The van der Waals surface area contributed by atoms with Crippen molar-refractivity contribution in [2.24, 2.45) is 0 Å². The fraction of sp³-hybridized carbons (Fsp3) is 0. The Morgan fingerprint density at radius 1 is 0.947 bits per heavy atom. The Balaban J connectivity index is 2.28. The van der Waals surface area contributed by atoms with Crippen molar-refractivity contribution < 1.29 is 4.79 Å². The van der Waals surface area contributed by atoms with Gasteiger partial charge >= 0.3 is 0 Å². The number of nitrogen functional groups attached to an aromatic ring is 1. The summed E-state index contributed by atoms with van der Waals surface area (Å²) in [5, 5.41) is 1.97. The highest BCUT2D eigenvalue weighted by Crippen LogP contribution is 2.39. The molecule has 0 aliphatic heterocycles. The van der Waals surface area contributed by atoms with E-state index in [1.807, 2.05) is 42.5 Å². The molecule has 1 heterocycles. The van der Waals surface area contributed by atoms with Crippen LogP contribution in [0.5, 0.6) is 0 Å². The van der Waals surface area contributed by atoms with Gasteiger partial charge in [0.05, 0.1) is 0 Å². The largest absolute Gasteiger partial charge is 0.399 e. The third-order valence-corrected chi connectivity index (χ3v) is 3.56. The third kappa shape index (κ3) is 1.27. The molecule has 1 aromatic heterocycles. The number of hydrogen-bond donors (Lipinski definition) is 1. The molecule has 0 atom stereocenters. The van der Waals surface area contributed by atoms with Crippen molar-refractivity contribution in [2.45, 2.75) is 0 Å². The molecule has 0 unspecified atom stereocenters. The van der Waals surface area contributed by atoms with E-state index in [2.05, 4.69) is 4.98 Å². The Morgan fingerprint density at radius 2 is 1.79 bits per heavy atom. The van der Waals surface area contributed by atoms with Crippen molar-refractivity contribution >= 4 is 22.2 Å². The number of nitrogens with zero attached hydrogens (tertiary/aromatic N) is 1. The van der Waals surface area contributed by atoms with E-state index in [1.54, 1.807) is 6.20 Å². The van der Waals surface area contributed by atoms with Gasteiger partial charge in [0.1, 0.15) is 5.69 Å². The van der Waals surface area contributed by atoms with E-state index in [4.69, 9.17) is 5.73 Å². The van der Waals surface area contributed by atoms with Crippen molar-refractivity contribution in [1.29, 1.82) is 0 Å². The monoisotopic (exact) mass is 246 g/mol. The topological polar surface area (TPSA) is 56.0 Å². The molecule has 0 amide bonds. The smallest absolute Gasteiger partial charge is 0.212 e. The first-order valence-electron chi connectivity index (χ1n) is 6.08. The number of pyridine rings is 1. The summed E-state index contributed by atoms with van der Waals surface area (Å²) in [6, 6.07) is 13.3. The lowest BCUT2D eigenvalue weighted by molar-refractivity contribution is 0.103. The number of carbonyl (C=O) groups is 1. The number of rotatable bonds is 0. The summed E-state index contributed by atoms with van der Waals surface area (Å²) < 4.78 is 0. The average molecular weight is 246 g/mol. The summed E-state index contributed by atoms with van der Waals surface area (Å²) in [5.41, 5.74) is 9.73. The summed E-state index contributed by atoms with van der Waals surface area (Å²) in [6.07, 6.45) is 1.65. The molecule has 2 N–H and O–H groups in total. The molecule has 2 aromatic carbocycles. The van der Waals surface area contributed by atoms with E-state index in [0.29, 0.717) is 16.9 Å². The number of aromatic nitrogens is 1. The summed E-state index contributed by atoms with van der Waals surface area (Å²) in [4.78, 5) is 16.7. The maximum Gasteiger partial charge on any atom is 0.212 e.